The fourth-order valence-electron chi connectivity index (χ4n) is 6.24. The Hall–Kier alpha value is -4.14. The topological polar surface area (TPSA) is 40.8 Å². The molecule has 3 nitrogen and oxygen atoms in total. The van der Waals surface area contributed by atoms with Crippen LogP contribution in [-0.4, -0.2) is 13.3 Å². The molecule has 0 N–H and O–H groups in total. The molecule has 0 aliphatic rings. The number of nitrogens with zero attached hydrogens (tertiary/aromatic N) is 2. The molecule has 4 heteroatoms. The van der Waals surface area contributed by atoms with Crippen molar-refractivity contribution in [2.24, 2.45) is 7.05 Å². The van der Waals surface area contributed by atoms with Crippen LogP contribution in [0.1, 0.15) is 47.5 Å². The van der Waals surface area contributed by atoms with Crippen molar-refractivity contribution < 1.29 is 14.5 Å². The third-order valence-corrected chi connectivity index (χ3v) is 17.8. The molecule has 0 aliphatic heterocycles. The van der Waals surface area contributed by atoms with Crippen molar-refractivity contribution in [2.45, 2.75) is 39.3 Å². The minimum atomic E-state index is -3.56. The molecule has 6 rings (SSSR count). The maximum absolute atomic E-state index is 9.90. The molecule has 41 heavy (non-hydrogen) atoms. The van der Waals surface area contributed by atoms with E-state index in [0.717, 1.165) is 32.0 Å². The van der Waals surface area contributed by atoms with E-state index in [4.69, 9.17) is 9.90 Å². The van der Waals surface area contributed by atoms with Gasteiger partial charge in [0.2, 0.25) is 0 Å². The van der Waals surface area contributed by atoms with Crippen LogP contribution in [-0.2, 0) is 7.05 Å². The normalized spacial score (nSPS) is 13.9. The third kappa shape index (κ3) is 4.29. The van der Waals surface area contributed by atoms with Gasteiger partial charge in [-0.05, 0) is 0 Å². The molecule has 6 aromatic rings. The molecule has 0 saturated carbocycles. The molecular formula is C37H35GeN2O+. The second-order valence-electron chi connectivity index (χ2n) is 11.2. The zero-order valence-electron chi connectivity index (χ0n) is 28.0. The van der Waals surface area contributed by atoms with Gasteiger partial charge in [0.25, 0.3) is 0 Å². The number of benzene rings is 4. The average Bonchev–Trinajstić information content (AvgIpc) is 3.38. The van der Waals surface area contributed by atoms with Crippen LogP contribution >= 0.6 is 0 Å². The van der Waals surface area contributed by atoms with Crippen LogP contribution in [0.2, 0.25) is 5.76 Å². The summed E-state index contributed by atoms with van der Waals surface area (Å²) in [4.78, 5) is 0. The first kappa shape index (κ1) is 22.5. The van der Waals surface area contributed by atoms with E-state index in [1.54, 1.807) is 26.1 Å². The van der Waals surface area contributed by atoms with Crippen LogP contribution in [0.15, 0.2) is 102 Å². The first-order valence-electron chi connectivity index (χ1n) is 15.8. The molecule has 2 aromatic heterocycles. The predicted octanol–water partition coefficient (Wildman–Crippen LogP) is 6.79. The molecule has 0 spiro atoms. The number of aryl methyl sites for hydroxylation is 3. The Morgan fingerprint density at radius 2 is 1.49 bits per heavy atom. The molecule has 202 valence electrons. The summed E-state index contributed by atoms with van der Waals surface area (Å²) >= 11 is -3.56. The summed E-state index contributed by atoms with van der Waals surface area (Å²) < 4.78 is 46.6. The van der Waals surface area contributed by atoms with E-state index in [1.165, 1.54) is 8.79 Å². The minimum absolute atomic E-state index is 0.357. The molecule has 0 aliphatic carbocycles. The van der Waals surface area contributed by atoms with Crippen molar-refractivity contribution in [3.63, 3.8) is 0 Å². The summed E-state index contributed by atoms with van der Waals surface area (Å²) in [5.74, 6) is 1.22. The molecule has 0 radical (unpaired) electrons. The second kappa shape index (κ2) is 10.4. The Morgan fingerprint density at radius 1 is 0.878 bits per heavy atom. The molecule has 0 amide bonds. The van der Waals surface area contributed by atoms with E-state index in [0.29, 0.717) is 27.9 Å². The third-order valence-electron chi connectivity index (χ3n) is 8.41. The molecule has 4 aromatic carbocycles. The van der Waals surface area contributed by atoms with Crippen molar-refractivity contribution in [3.05, 3.63) is 119 Å². The van der Waals surface area contributed by atoms with Crippen molar-refractivity contribution in [1.29, 1.82) is 5.26 Å². The Labute approximate surface area is 250 Å². The van der Waals surface area contributed by atoms with Gasteiger partial charge in [-0.2, -0.15) is 0 Å². The van der Waals surface area contributed by atoms with E-state index in [2.05, 4.69) is 48.2 Å². The summed E-state index contributed by atoms with van der Waals surface area (Å²) in [5.41, 5.74) is 5.21. The molecule has 0 bridgehead atoms. The van der Waals surface area contributed by atoms with Crippen molar-refractivity contribution in [1.82, 2.24) is 0 Å². The van der Waals surface area contributed by atoms with E-state index >= 15 is 0 Å². The molecule has 0 fully saturated rings. The van der Waals surface area contributed by atoms with Gasteiger partial charge in [0.15, 0.2) is 0 Å². The Balaban J connectivity index is 1.74. The number of aromatic nitrogens is 1. The van der Waals surface area contributed by atoms with E-state index < -0.39 is 26.0 Å². The molecular weight excluding hydrogens is 561 g/mol. The van der Waals surface area contributed by atoms with Gasteiger partial charge >= 0.3 is 251 Å². The van der Waals surface area contributed by atoms with E-state index in [9.17, 15) is 5.26 Å². The van der Waals surface area contributed by atoms with Gasteiger partial charge in [-0.1, -0.05) is 0 Å². The van der Waals surface area contributed by atoms with Gasteiger partial charge in [-0.25, -0.2) is 0 Å². The summed E-state index contributed by atoms with van der Waals surface area (Å²) in [6.45, 7) is 3.23. The molecule has 0 saturated heterocycles. The predicted molar refractivity (Wildman–Crippen MR) is 172 cm³/mol. The van der Waals surface area contributed by atoms with Crippen LogP contribution in [0.5, 0.6) is 0 Å². The van der Waals surface area contributed by atoms with E-state index in [-0.39, 0.29) is 0 Å². The van der Waals surface area contributed by atoms with Gasteiger partial charge in [0.1, 0.15) is 0 Å². The van der Waals surface area contributed by atoms with Gasteiger partial charge in [0, 0.05) is 0 Å². The Morgan fingerprint density at radius 3 is 2.07 bits per heavy atom. The monoisotopic (exact) mass is 601 g/mol. The zero-order valence-corrected chi connectivity index (χ0v) is 26.1. The number of rotatable bonds is 5. The average molecular weight is 600 g/mol. The molecule has 0 unspecified atom stereocenters. The van der Waals surface area contributed by atoms with E-state index in [1.807, 2.05) is 67.1 Å². The van der Waals surface area contributed by atoms with Crippen LogP contribution < -0.4 is 17.8 Å². The fourth-order valence-corrected chi connectivity index (χ4v) is 14.0. The van der Waals surface area contributed by atoms with Gasteiger partial charge in [0.05, 0.1) is 0 Å². The summed E-state index contributed by atoms with van der Waals surface area (Å²) in [6, 6.07) is 32.7. The number of hydrogen-bond donors (Lipinski definition) is 0. The van der Waals surface area contributed by atoms with Crippen molar-refractivity contribution in [2.75, 3.05) is 0 Å². The number of nitriles is 1. The quantitative estimate of drug-likeness (QED) is 0.162. The summed E-state index contributed by atoms with van der Waals surface area (Å²) in [5, 5.41) is 11.6. The van der Waals surface area contributed by atoms with Crippen molar-refractivity contribution >= 4 is 48.4 Å². The van der Waals surface area contributed by atoms with Gasteiger partial charge < -0.3 is 0 Å². The van der Waals surface area contributed by atoms with Crippen molar-refractivity contribution in [3.8, 4) is 17.3 Å². The van der Waals surface area contributed by atoms with Gasteiger partial charge in [-0.15, -0.1) is 0 Å². The SMILES string of the molecule is [2H]C([2H])([2H])c1c[n+](C)c(-c2c(C)ccc3c2oc2c(C([2H])(C)C)c(C#N)ccc23)c[c]1[Ge]([CH3])([c]1ccccc1)[c]1ccccc1. The van der Waals surface area contributed by atoms with Crippen LogP contribution in [0.25, 0.3) is 33.2 Å². The summed E-state index contributed by atoms with van der Waals surface area (Å²) in [7, 11) is 1.89. The standard InChI is InChI=1S/C37H35GeN2O/c1-24(2)34-27(22-39)18-20-31-30-19-17-25(3)35(37(30)41-36(31)34)33-21-32(26(4)23-40(33)6)38(5,28-13-9-7-10-14-28)29-15-11-8-12-16-29/h7-21,23-24H,1-6H3/q+1/i4D3,24D. The van der Waals surface area contributed by atoms with Crippen LogP contribution in [0.4, 0.5) is 0 Å². The van der Waals surface area contributed by atoms with Crippen LogP contribution in [0.3, 0.4) is 0 Å². The Bertz CT molecular complexity index is 2080. The van der Waals surface area contributed by atoms with Crippen LogP contribution in [0, 0.1) is 25.1 Å². The Kier molecular flexibility index (Phi) is 5.70. The first-order chi connectivity index (χ1) is 21.3. The summed E-state index contributed by atoms with van der Waals surface area (Å²) in [6.07, 6.45) is 1.78. The second-order valence-corrected chi connectivity index (χ2v) is 19.4. The molecule has 0 atom stereocenters. The number of furan rings is 1. The molecule has 2 heterocycles. The number of hydrogen-bond acceptors (Lipinski definition) is 2. The maximum atomic E-state index is 9.90. The number of fused-ring (bicyclic) bond motifs is 3. The first-order valence-corrected chi connectivity index (χ1v) is 19.1. The zero-order chi connectivity index (χ0) is 32.3. The van der Waals surface area contributed by atoms with Gasteiger partial charge in [-0.3, -0.25) is 0 Å². The fraction of sp³-hybridized carbons (Fsp3) is 0.189. The number of pyridine rings is 1.